The van der Waals surface area contributed by atoms with Gasteiger partial charge < -0.3 is 15.5 Å². The van der Waals surface area contributed by atoms with Crippen LogP contribution in [0.15, 0.2) is 54.6 Å². The number of hydrogen-bond donors (Lipinski definition) is 2. The minimum atomic E-state index is -0.200. The zero-order valence-corrected chi connectivity index (χ0v) is 15.9. The van der Waals surface area contributed by atoms with Crippen LogP contribution in [0, 0.1) is 3.57 Å². The van der Waals surface area contributed by atoms with E-state index in [-0.39, 0.29) is 18.0 Å². The minimum Gasteiger partial charge on any atom is -0.338 e. The molecule has 0 unspecified atom stereocenters. The molecule has 130 valence electrons. The normalized spacial score (nSPS) is 14.8. The van der Waals surface area contributed by atoms with Gasteiger partial charge in [0.2, 0.25) is 0 Å². The van der Waals surface area contributed by atoms with Gasteiger partial charge in [0.15, 0.2) is 0 Å². The number of carbonyl (C=O) groups is 2. The van der Waals surface area contributed by atoms with Crippen LogP contribution in [0.5, 0.6) is 0 Å². The third kappa shape index (κ3) is 4.94. The Kier molecular flexibility index (Phi) is 5.91. The number of rotatable bonds is 3. The van der Waals surface area contributed by atoms with Crippen molar-refractivity contribution in [1.82, 2.24) is 10.2 Å². The van der Waals surface area contributed by atoms with E-state index in [2.05, 4.69) is 33.2 Å². The monoisotopic (exact) mass is 449 g/mol. The molecule has 0 aliphatic carbocycles. The van der Waals surface area contributed by atoms with Crippen molar-refractivity contribution >= 4 is 40.2 Å². The van der Waals surface area contributed by atoms with Gasteiger partial charge in [-0.15, -0.1) is 0 Å². The Balaban J connectivity index is 1.47. The Morgan fingerprint density at radius 1 is 0.960 bits per heavy atom. The van der Waals surface area contributed by atoms with Crippen LogP contribution in [-0.2, 0) is 0 Å². The highest BCUT2D eigenvalue weighted by molar-refractivity contribution is 14.1. The molecule has 2 aromatic carbocycles. The first-order valence-corrected chi connectivity index (χ1v) is 9.37. The largest absolute Gasteiger partial charge is 0.338 e. The maximum Gasteiger partial charge on any atom is 0.319 e. The van der Waals surface area contributed by atoms with Gasteiger partial charge in [-0.3, -0.25) is 4.79 Å². The molecular formula is C19H20IN3O2. The van der Waals surface area contributed by atoms with E-state index in [9.17, 15) is 9.59 Å². The first kappa shape index (κ1) is 17.7. The number of urea groups is 1. The van der Waals surface area contributed by atoms with Gasteiger partial charge >= 0.3 is 6.03 Å². The van der Waals surface area contributed by atoms with E-state index in [1.54, 1.807) is 0 Å². The summed E-state index contributed by atoms with van der Waals surface area (Å²) in [5, 5.41) is 5.81. The molecule has 0 atom stereocenters. The van der Waals surface area contributed by atoms with Crippen LogP contribution in [0.2, 0.25) is 0 Å². The maximum atomic E-state index is 12.5. The molecule has 0 radical (unpaired) electrons. The molecule has 0 bridgehead atoms. The molecular weight excluding hydrogens is 429 g/mol. The number of nitrogens with zero attached hydrogens (tertiary/aromatic N) is 1. The van der Waals surface area contributed by atoms with Crippen LogP contribution in [0.3, 0.4) is 0 Å². The first-order valence-electron chi connectivity index (χ1n) is 8.29. The van der Waals surface area contributed by atoms with Gasteiger partial charge in [-0.05, 0) is 71.8 Å². The van der Waals surface area contributed by atoms with Crippen LogP contribution >= 0.6 is 22.6 Å². The van der Waals surface area contributed by atoms with Crippen LogP contribution in [0.4, 0.5) is 10.5 Å². The number of amides is 3. The third-order valence-corrected chi connectivity index (χ3v) is 4.96. The van der Waals surface area contributed by atoms with E-state index < -0.39 is 0 Å². The van der Waals surface area contributed by atoms with Gasteiger partial charge in [0, 0.05) is 34.0 Å². The topological polar surface area (TPSA) is 61.4 Å². The van der Waals surface area contributed by atoms with Gasteiger partial charge in [0.05, 0.1) is 0 Å². The highest BCUT2D eigenvalue weighted by atomic mass is 127. The summed E-state index contributed by atoms with van der Waals surface area (Å²) < 4.78 is 1.11. The molecule has 1 saturated heterocycles. The summed E-state index contributed by atoms with van der Waals surface area (Å²) in [6.45, 7) is 1.31. The highest BCUT2D eigenvalue weighted by Crippen LogP contribution is 2.15. The number of piperidine rings is 1. The fourth-order valence-corrected chi connectivity index (χ4v) is 3.24. The predicted molar refractivity (Wildman–Crippen MR) is 107 cm³/mol. The van der Waals surface area contributed by atoms with Crippen molar-refractivity contribution in [3.8, 4) is 0 Å². The molecule has 2 N–H and O–H groups in total. The fourth-order valence-electron chi connectivity index (χ4n) is 2.88. The molecule has 0 spiro atoms. The summed E-state index contributed by atoms with van der Waals surface area (Å²) in [7, 11) is 0. The number of carbonyl (C=O) groups excluding carboxylic acids is 2. The minimum absolute atomic E-state index is 0.0589. The molecule has 3 amide bonds. The van der Waals surface area contributed by atoms with Crippen LogP contribution in [0.25, 0.3) is 0 Å². The second kappa shape index (κ2) is 8.33. The zero-order valence-electron chi connectivity index (χ0n) is 13.7. The smallest absolute Gasteiger partial charge is 0.319 e. The standard InChI is InChI=1S/C19H20IN3O2/c20-15-8-6-14(7-9-15)18(24)23-12-10-17(11-13-23)22-19(25)21-16-4-2-1-3-5-16/h1-9,17H,10-13H2,(H2,21,22,25). The summed E-state index contributed by atoms with van der Waals surface area (Å²) in [5.74, 6) is 0.0589. The average Bonchev–Trinajstić information content (AvgIpc) is 2.63. The quantitative estimate of drug-likeness (QED) is 0.702. The number of nitrogens with one attached hydrogen (secondary N) is 2. The van der Waals surface area contributed by atoms with Gasteiger partial charge in [0.1, 0.15) is 0 Å². The van der Waals surface area contributed by atoms with Crippen molar-refractivity contribution in [2.75, 3.05) is 18.4 Å². The van der Waals surface area contributed by atoms with Gasteiger partial charge in [0.25, 0.3) is 5.91 Å². The maximum absolute atomic E-state index is 12.5. The van der Waals surface area contributed by atoms with Crippen molar-refractivity contribution in [2.45, 2.75) is 18.9 Å². The molecule has 1 heterocycles. The molecule has 3 rings (SSSR count). The number of halogens is 1. The van der Waals surface area contributed by atoms with E-state index in [0.29, 0.717) is 18.7 Å². The molecule has 5 nitrogen and oxygen atoms in total. The second-order valence-electron chi connectivity index (χ2n) is 6.04. The lowest BCUT2D eigenvalue weighted by Crippen LogP contribution is -2.47. The van der Waals surface area contributed by atoms with Crippen molar-refractivity contribution < 1.29 is 9.59 Å². The number of likely N-dealkylation sites (tertiary alicyclic amines) is 1. The predicted octanol–water partition coefficient (Wildman–Crippen LogP) is 3.72. The Morgan fingerprint density at radius 2 is 1.60 bits per heavy atom. The lowest BCUT2D eigenvalue weighted by atomic mass is 10.0. The lowest BCUT2D eigenvalue weighted by molar-refractivity contribution is 0.0709. The number of para-hydroxylation sites is 1. The molecule has 1 fully saturated rings. The van der Waals surface area contributed by atoms with Gasteiger partial charge in [-0.1, -0.05) is 18.2 Å². The molecule has 0 aromatic heterocycles. The second-order valence-corrected chi connectivity index (χ2v) is 7.28. The molecule has 6 heteroatoms. The Labute approximate surface area is 160 Å². The van der Waals surface area contributed by atoms with E-state index in [4.69, 9.17) is 0 Å². The fraction of sp³-hybridized carbons (Fsp3) is 0.263. The SMILES string of the molecule is O=C(Nc1ccccc1)NC1CCN(C(=O)c2ccc(I)cc2)CC1. The van der Waals surface area contributed by atoms with Crippen LogP contribution < -0.4 is 10.6 Å². The first-order chi connectivity index (χ1) is 12.1. The van der Waals surface area contributed by atoms with Gasteiger partial charge in [-0.25, -0.2) is 4.79 Å². The number of hydrogen-bond acceptors (Lipinski definition) is 2. The Hall–Kier alpha value is -2.09. The average molecular weight is 449 g/mol. The number of benzene rings is 2. The van der Waals surface area contributed by atoms with E-state index in [0.717, 1.165) is 22.1 Å². The van der Waals surface area contributed by atoms with Crippen molar-refractivity contribution in [3.63, 3.8) is 0 Å². The van der Waals surface area contributed by atoms with Crippen LogP contribution in [-0.4, -0.2) is 36.0 Å². The van der Waals surface area contributed by atoms with Crippen molar-refractivity contribution in [1.29, 1.82) is 0 Å². The summed E-state index contributed by atoms with van der Waals surface area (Å²) in [5.41, 5.74) is 1.49. The summed E-state index contributed by atoms with van der Waals surface area (Å²) >= 11 is 2.22. The summed E-state index contributed by atoms with van der Waals surface area (Å²) in [6, 6.07) is 16.9. The Bertz CT molecular complexity index is 726. The molecule has 1 aliphatic rings. The van der Waals surface area contributed by atoms with Gasteiger partial charge in [-0.2, -0.15) is 0 Å². The van der Waals surface area contributed by atoms with Crippen molar-refractivity contribution in [2.24, 2.45) is 0 Å². The van der Waals surface area contributed by atoms with Crippen molar-refractivity contribution in [3.05, 3.63) is 63.7 Å². The molecule has 1 aliphatic heterocycles. The van der Waals surface area contributed by atoms with E-state index in [1.165, 1.54) is 0 Å². The molecule has 2 aromatic rings. The molecule has 25 heavy (non-hydrogen) atoms. The summed E-state index contributed by atoms with van der Waals surface area (Å²) in [4.78, 5) is 26.4. The van der Waals surface area contributed by atoms with Crippen LogP contribution in [0.1, 0.15) is 23.2 Å². The summed E-state index contributed by atoms with van der Waals surface area (Å²) in [6.07, 6.45) is 1.52. The van der Waals surface area contributed by atoms with E-state index >= 15 is 0 Å². The highest BCUT2D eigenvalue weighted by Gasteiger charge is 2.24. The third-order valence-electron chi connectivity index (χ3n) is 4.24. The lowest BCUT2D eigenvalue weighted by Gasteiger charge is -2.32. The van der Waals surface area contributed by atoms with E-state index in [1.807, 2.05) is 59.5 Å². The zero-order chi connectivity index (χ0) is 17.6. The molecule has 0 saturated carbocycles. The Morgan fingerprint density at radius 3 is 2.24 bits per heavy atom. The number of anilines is 1.